The quantitative estimate of drug-likeness (QED) is 0.657. The Kier molecular flexibility index (Phi) is 7.36. The van der Waals surface area contributed by atoms with E-state index in [0.717, 1.165) is 43.5 Å². The second kappa shape index (κ2) is 9.56. The van der Waals surface area contributed by atoms with E-state index in [1.165, 1.54) is 0 Å². The smallest absolute Gasteiger partial charge is 0.158 e. The summed E-state index contributed by atoms with van der Waals surface area (Å²) in [5.41, 5.74) is 1.06. The van der Waals surface area contributed by atoms with Gasteiger partial charge in [-0.2, -0.15) is 0 Å². The van der Waals surface area contributed by atoms with Gasteiger partial charge in [0.25, 0.3) is 0 Å². The summed E-state index contributed by atoms with van der Waals surface area (Å²) >= 11 is 0. The van der Waals surface area contributed by atoms with E-state index in [-0.39, 0.29) is 12.4 Å². The van der Waals surface area contributed by atoms with Crippen molar-refractivity contribution in [1.82, 2.24) is 0 Å². The highest BCUT2D eigenvalue weighted by Crippen LogP contribution is 2.17. The first-order chi connectivity index (χ1) is 10.8. The van der Waals surface area contributed by atoms with Crippen molar-refractivity contribution in [2.75, 3.05) is 20.3 Å². The first-order valence-corrected chi connectivity index (χ1v) is 7.73. The molecule has 0 N–H and O–H groups in total. The highest BCUT2D eigenvalue weighted by atomic mass is 16.7. The second-order valence-electron chi connectivity index (χ2n) is 5.32. The van der Waals surface area contributed by atoms with Crippen LogP contribution in [0.3, 0.4) is 0 Å². The minimum atomic E-state index is -0.251. The molecule has 1 aliphatic rings. The molecule has 1 unspecified atom stereocenters. The number of rotatable bonds is 9. The lowest BCUT2D eigenvalue weighted by Crippen LogP contribution is -2.31. The SMILES string of the molecule is COc1ccc(COC[C@@H](CC=O)OC2CCCCO2)cc1. The third-order valence-corrected chi connectivity index (χ3v) is 3.57. The number of hydrogen-bond donors (Lipinski definition) is 0. The first-order valence-electron chi connectivity index (χ1n) is 7.73. The van der Waals surface area contributed by atoms with Gasteiger partial charge >= 0.3 is 0 Å². The lowest BCUT2D eigenvalue weighted by molar-refractivity contribution is -0.198. The zero-order valence-corrected chi connectivity index (χ0v) is 13.0. The predicted octanol–water partition coefficient (Wildman–Crippen LogP) is 2.71. The van der Waals surface area contributed by atoms with Crippen molar-refractivity contribution in [2.45, 2.75) is 44.7 Å². The molecule has 0 radical (unpaired) electrons. The van der Waals surface area contributed by atoms with E-state index in [1.54, 1.807) is 7.11 Å². The Morgan fingerprint density at radius 3 is 2.77 bits per heavy atom. The van der Waals surface area contributed by atoms with Gasteiger partial charge in [-0.3, -0.25) is 0 Å². The number of aldehydes is 1. The van der Waals surface area contributed by atoms with Gasteiger partial charge < -0.3 is 23.7 Å². The number of carbonyl (C=O) groups is 1. The van der Waals surface area contributed by atoms with E-state index in [2.05, 4.69) is 0 Å². The van der Waals surface area contributed by atoms with Crippen LogP contribution < -0.4 is 4.74 Å². The lowest BCUT2D eigenvalue weighted by Gasteiger charge is -2.27. The second-order valence-corrected chi connectivity index (χ2v) is 5.32. The highest BCUT2D eigenvalue weighted by Gasteiger charge is 2.19. The predicted molar refractivity (Wildman–Crippen MR) is 81.8 cm³/mol. The van der Waals surface area contributed by atoms with Crippen LogP contribution in [0.4, 0.5) is 0 Å². The third kappa shape index (κ3) is 5.75. The van der Waals surface area contributed by atoms with Crippen molar-refractivity contribution < 1.29 is 23.7 Å². The Balaban J connectivity index is 1.73. The molecule has 1 fully saturated rings. The number of hydrogen-bond acceptors (Lipinski definition) is 5. The topological polar surface area (TPSA) is 54.0 Å². The van der Waals surface area contributed by atoms with Gasteiger partial charge in [0, 0.05) is 13.0 Å². The number of methoxy groups -OCH3 is 1. The Hall–Kier alpha value is -1.43. The zero-order chi connectivity index (χ0) is 15.6. The van der Waals surface area contributed by atoms with Gasteiger partial charge in [0.05, 0.1) is 26.4 Å². The van der Waals surface area contributed by atoms with Gasteiger partial charge in [-0.25, -0.2) is 0 Å². The van der Waals surface area contributed by atoms with Gasteiger partial charge in [-0.15, -0.1) is 0 Å². The summed E-state index contributed by atoms with van der Waals surface area (Å²) in [6.07, 6.45) is 3.79. The molecule has 0 bridgehead atoms. The number of benzene rings is 1. The molecule has 22 heavy (non-hydrogen) atoms. The number of ether oxygens (including phenoxy) is 4. The van der Waals surface area contributed by atoms with Crippen LogP contribution in [0.2, 0.25) is 0 Å². The molecule has 1 heterocycles. The molecule has 5 nitrogen and oxygen atoms in total. The van der Waals surface area contributed by atoms with Gasteiger partial charge in [0.1, 0.15) is 12.0 Å². The van der Waals surface area contributed by atoms with E-state index in [0.29, 0.717) is 19.6 Å². The molecular formula is C17H24O5. The van der Waals surface area contributed by atoms with Crippen LogP contribution in [0.15, 0.2) is 24.3 Å². The normalized spacial score (nSPS) is 19.6. The molecule has 0 aliphatic carbocycles. The Morgan fingerprint density at radius 2 is 2.14 bits per heavy atom. The van der Waals surface area contributed by atoms with Crippen LogP contribution in [0.25, 0.3) is 0 Å². The molecule has 0 spiro atoms. The summed E-state index contributed by atoms with van der Waals surface area (Å²) in [7, 11) is 1.64. The van der Waals surface area contributed by atoms with Crippen molar-refractivity contribution >= 4 is 6.29 Å². The summed E-state index contributed by atoms with van der Waals surface area (Å²) in [6, 6.07) is 7.71. The zero-order valence-electron chi connectivity index (χ0n) is 13.0. The van der Waals surface area contributed by atoms with Crippen LogP contribution in [0, 0.1) is 0 Å². The van der Waals surface area contributed by atoms with Crippen LogP contribution in [-0.4, -0.2) is 39.0 Å². The third-order valence-electron chi connectivity index (χ3n) is 3.57. The van der Waals surface area contributed by atoms with Gasteiger partial charge in [-0.05, 0) is 37.0 Å². The number of carbonyl (C=O) groups excluding carboxylic acids is 1. The van der Waals surface area contributed by atoms with E-state index >= 15 is 0 Å². The summed E-state index contributed by atoms with van der Waals surface area (Å²) in [5, 5.41) is 0. The van der Waals surface area contributed by atoms with E-state index in [9.17, 15) is 4.79 Å². The molecule has 1 aromatic carbocycles. The maximum absolute atomic E-state index is 10.8. The fraction of sp³-hybridized carbons (Fsp3) is 0.588. The average molecular weight is 308 g/mol. The molecule has 0 aromatic heterocycles. The van der Waals surface area contributed by atoms with Crippen LogP contribution in [0.1, 0.15) is 31.2 Å². The minimum Gasteiger partial charge on any atom is -0.497 e. The van der Waals surface area contributed by atoms with E-state index in [4.69, 9.17) is 18.9 Å². The molecule has 1 aliphatic heterocycles. The summed E-state index contributed by atoms with van der Waals surface area (Å²) < 4.78 is 22.1. The van der Waals surface area contributed by atoms with Gasteiger partial charge in [0.2, 0.25) is 0 Å². The van der Waals surface area contributed by atoms with Crippen molar-refractivity contribution in [3.8, 4) is 5.75 Å². The molecule has 122 valence electrons. The standard InChI is InChI=1S/C17H24O5/c1-19-15-7-5-14(6-8-15)12-20-13-16(9-10-18)22-17-4-2-3-11-21-17/h5-8,10,16-17H,2-4,9,11-13H2,1H3/t16-,17?/m1/s1. The van der Waals surface area contributed by atoms with E-state index in [1.807, 2.05) is 24.3 Å². The van der Waals surface area contributed by atoms with Crippen molar-refractivity contribution in [1.29, 1.82) is 0 Å². The molecular weight excluding hydrogens is 284 g/mol. The summed E-state index contributed by atoms with van der Waals surface area (Å²) in [4.78, 5) is 10.8. The van der Waals surface area contributed by atoms with Crippen LogP contribution in [-0.2, 0) is 25.6 Å². The summed E-state index contributed by atoms with van der Waals surface area (Å²) in [6.45, 7) is 1.59. The highest BCUT2D eigenvalue weighted by molar-refractivity contribution is 5.50. The molecule has 1 saturated heterocycles. The minimum absolute atomic E-state index is 0.205. The van der Waals surface area contributed by atoms with E-state index < -0.39 is 0 Å². The monoisotopic (exact) mass is 308 g/mol. The molecule has 0 saturated carbocycles. The Morgan fingerprint density at radius 1 is 1.32 bits per heavy atom. The molecule has 5 heteroatoms. The fourth-order valence-electron chi connectivity index (χ4n) is 2.33. The molecule has 2 atom stereocenters. The maximum Gasteiger partial charge on any atom is 0.158 e. The lowest BCUT2D eigenvalue weighted by atomic mass is 10.2. The Bertz CT molecular complexity index is 425. The molecule has 1 aromatic rings. The summed E-state index contributed by atoms with van der Waals surface area (Å²) in [5.74, 6) is 0.820. The van der Waals surface area contributed by atoms with Crippen LogP contribution >= 0.6 is 0 Å². The molecule has 2 rings (SSSR count). The van der Waals surface area contributed by atoms with Crippen molar-refractivity contribution in [3.05, 3.63) is 29.8 Å². The van der Waals surface area contributed by atoms with Gasteiger partial charge in [0.15, 0.2) is 6.29 Å². The fourth-order valence-corrected chi connectivity index (χ4v) is 2.33. The average Bonchev–Trinajstić information content (AvgIpc) is 2.56. The maximum atomic E-state index is 10.8. The van der Waals surface area contributed by atoms with Gasteiger partial charge in [-0.1, -0.05) is 12.1 Å². The van der Waals surface area contributed by atoms with Crippen molar-refractivity contribution in [2.24, 2.45) is 0 Å². The first kappa shape index (κ1) is 16.9. The van der Waals surface area contributed by atoms with Crippen molar-refractivity contribution in [3.63, 3.8) is 0 Å². The van der Waals surface area contributed by atoms with Crippen LogP contribution in [0.5, 0.6) is 5.75 Å². The Labute approximate surface area is 131 Å². The largest absolute Gasteiger partial charge is 0.497 e. The molecule has 0 amide bonds.